The van der Waals surface area contributed by atoms with Crippen LogP contribution in [-0.2, 0) is 4.79 Å². The molecule has 1 aliphatic rings. The highest BCUT2D eigenvalue weighted by Gasteiger charge is 2.33. The number of thioether (sulfide) groups is 1. The summed E-state index contributed by atoms with van der Waals surface area (Å²) in [5, 5.41) is 16.6. The van der Waals surface area contributed by atoms with E-state index < -0.39 is 18.2 Å². The number of urea groups is 1. The van der Waals surface area contributed by atoms with Gasteiger partial charge in [0.2, 0.25) is 5.91 Å². The van der Waals surface area contributed by atoms with Crippen LogP contribution in [0.15, 0.2) is 84.2 Å². The zero-order valence-corrected chi connectivity index (χ0v) is 24.9. The van der Waals surface area contributed by atoms with Gasteiger partial charge in [0.05, 0.1) is 22.7 Å². The van der Waals surface area contributed by atoms with E-state index in [0.717, 1.165) is 23.9 Å². The second kappa shape index (κ2) is 13.2. The topological polar surface area (TPSA) is 126 Å². The fourth-order valence-electron chi connectivity index (χ4n) is 4.43. The molecule has 1 N–H and O–H groups in total. The normalized spacial score (nSPS) is 14.6. The number of aliphatic imine (C=N–C) groups is 1. The molecule has 2 heterocycles. The van der Waals surface area contributed by atoms with Crippen molar-refractivity contribution in [2.75, 3.05) is 10.7 Å². The van der Waals surface area contributed by atoms with Crippen LogP contribution in [0.4, 0.5) is 28.0 Å². The van der Waals surface area contributed by atoms with E-state index in [1.54, 1.807) is 24.3 Å². The summed E-state index contributed by atoms with van der Waals surface area (Å²) in [6, 6.07) is 17.0. The highest BCUT2D eigenvalue weighted by atomic mass is 32.2. The summed E-state index contributed by atoms with van der Waals surface area (Å²) in [6.45, 7) is 3.73. The van der Waals surface area contributed by atoms with Crippen LogP contribution in [0.1, 0.15) is 30.9 Å². The van der Waals surface area contributed by atoms with Crippen molar-refractivity contribution in [3.8, 4) is 28.9 Å². The van der Waals surface area contributed by atoms with Crippen LogP contribution in [0.3, 0.4) is 0 Å². The van der Waals surface area contributed by atoms with Crippen LogP contribution in [0.25, 0.3) is 22.6 Å². The monoisotopic (exact) mass is 649 g/mol. The number of allylic oxidation sites excluding steroid dienone is 1. The van der Waals surface area contributed by atoms with E-state index in [1.807, 2.05) is 19.9 Å². The molecule has 1 aliphatic heterocycles. The van der Waals surface area contributed by atoms with Gasteiger partial charge in [-0.3, -0.25) is 9.69 Å². The van der Waals surface area contributed by atoms with Crippen LogP contribution in [0.5, 0.6) is 5.75 Å². The average molecular weight is 650 g/mol. The quantitative estimate of drug-likeness (QED) is 0.172. The predicted molar refractivity (Wildman–Crippen MR) is 163 cm³/mol. The zero-order chi connectivity index (χ0) is 33.0. The molecular weight excluding hydrogens is 626 g/mol. The Hall–Kier alpha value is -5.49. The number of nitrogens with zero attached hydrogens (tertiary/aromatic N) is 6. The molecule has 0 radical (unpaired) electrons. The Morgan fingerprint density at radius 3 is 2.50 bits per heavy atom. The Bertz CT molecular complexity index is 1880. The van der Waals surface area contributed by atoms with Crippen molar-refractivity contribution in [2.45, 2.75) is 26.1 Å². The number of hydrogen-bond donors (Lipinski definition) is 1. The van der Waals surface area contributed by atoms with Gasteiger partial charge < -0.3 is 10.1 Å². The average Bonchev–Trinajstić information content (AvgIpc) is 3.64. The number of benzene rings is 3. The van der Waals surface area contributed by atoms with Crippen LogP contribution >= 0.6 is 11.8 Å². The molecule has 3 amide bonds. The molecule has 46 heavy (non-hydrogen) atoms. The van der Waals surface area contributed by atoms with Crippen molar-refractivity contribution >= 4 is 40.1 Å². The van der Waals surface area contributed by atoms with Gasteiger partial charge >= 0.3 is 12.4 Å². The lowest BCUT2D eigenvalue weighted by molar-refractivity contribution is -0.274. The lowest BCUT2D eigenvalue weighted by atomic mass is 10.0. The number of aromatic nitrogens is 3. The summed E-state index contributed by atoms with van der Waals surface area (Å²) in [6.07, 6.45) is -2.20. The second-order valence-electron chi connectivity index (χ2n) is 10.0. The van der Waals surface area contributed by atoms with Gasteiger partial charge in [0.1, 0.15) is 24.0 Å². The van der Waals surface area contributed by atoms with Crippen LogP contribution in [0.2, 0.25) is 0 Å². The number of amides is 3. The SMILES string of the molecule is CC(C)c1cc(F)ccc1N1C(=O)CS/C1=N\C(=O)N/C=C(\C#N)c1ccc(-c2ncn(-c3ccc(OC(F)(F)F)cc3)n2)cc1. The van der Waals surface area contributed by atoms with Crippen molar-refractivity contribution in [3.63, 3.8) is 0 Å². The molecule has 1 saturated heterocycles. The Balaban J connectivity index is 1.27. The smallest absolute Gasteiger partial charge is 0.406 e. The first-order valence-electron chi connectivity index (χ1n) is 13.5. The van der Waals surface area contributed by atoms with Gasteiger partial charge in [-0.25, -0.2) is 18.9 Å². The molecule has 0 saturated carbocycles. The maximum Gasteiger partial charge on any atom is 0.573 e. The molecule has 0 spiro atoms. The summed E-state index contributed by atoms with van der Waals surface area (Å²) in [7, 11) is 0. The first-order chi connectivity index (χ1) is 21.9. The van der Waals surface area contributed by atoms with Crippen LogP contribution in [0, 0.1) is 17.1 Å². The van der Waals surface area contributed by atoms with E-state index in [2.05, 4.69) is 25.1 Å². The van der Waals surface area contributed by atoms with Gasteiger partial charge in [0.15, 0.2) is 11.0 Å². The number of hydrogen-bond acceptors (Lipinski definition) is 7. The Morgan fingerprint density at radius 1 is 1.13 bits per heavy atom. The number of anilines is 1. The van der Waals surface area contributed by atoms with Gasteiger partial charge in [-0.2, -0.15) is 10.3 Å². The fraction of sp³-hybridized carbons (Fsp3) is 0.161. The minimum atomic E-state index is -4.79. The number of carbonyl (C=O) groups excluding carboxylic acids is 2. The van der Waals surface area contributed by atoms with Crippen molar-refractivity contribution in [1.82, 2.24) is 20.1 Å². The van der Waals surface area contributed by atoms with E-state index in [0.29, 0.717) is 33.9 Å². The molecule has 15 heteroatoms. The third kappa shape index (κ3) is 7.41. The van der Waals surface area contributed by atoms with Gasteiger partial charge in [0.25, 0.3) is 0 Å². The number of rotatable bonds is 7. The fourth-order valence-corrected chi connectivity index (χ4v) is 5.28. The number of amidine groups is 1. The highest BCUT2D eigenvalue weighted by molar-refractivity contribution is 8.15. The lowest BCUT2D eigenvalue weighted by Gasteiger charge is -2.21. The molecule has 0 bridgehead atoms. The first-order valence-corrected chi connectivity index (χ1v) is 14.5. The number of nitriles is 1. The summed E-state index contributed by atoms with van der Waals surface area (Å²) in [5.74, 6) is -0.821. The second-order valence-corrected chi connectivity index (χ2v) is 11.0. The molecule has 0 atom stereocenters. The van der Waals surface area contributed by atoms with Crippen LogP contribution in [-0.4, -0.2) is 44.0 Å². The van der Waals surface area contributed by atoms with E-state index >= 15 is 0 Å². The zero-order valence-electron chi connectivity index (χ0n) is 24.1. The Labute approximate surface area is 264 Å². The van der Waals surface area contributed by atoms with Crippen molar-refractivity contribution in [2.24, 2.45) is 4.99 Å². The van der Waals surface area contributed by atoms with Crippen LogP contribution < -0.4 is 15.0 Å². The predicted octanol–water partition coefficient (Wildman–Crippen LogP) is 6.81. The largest absolute Gasteiger partial charge is 0.573 e. The van der Waals surface area contributed by atoms with Gasteiger partial charge in [0, 0.05) is 11.8 Å². The summed E-state index contributed by atoms with van der Waals surface area (Å²) >= 11 is 1.07. The molecule has 1 aromatic heterocycles. The summed E-state index contributed by atoms with van der Waals surface area (Å²) < 4.78 is 56.4. The molecular formula is C31H23F4N7O3S. The van der Waals surface area contributed by atoms with Gasteiger partial charge in [-0.15, -0.1) is 18.3 Å². The standard InChI is InChI=1S/C31H23F4N7O3S/c1-18(2)25-13-22(32)7-12-26(25)42-27(43)16-46-30(42)39-29(44)37-15-21(14-36)19-3-5-20(6-4-19)28-38-17-41(40-28)23-8-10-24(11-9-23)45-31(33,34)35/h3-13,15,17-18H,16H2,1-2H3,(H,37,44)/b21-15+,39-30-. The van der Waals surface area contributed by atoms with E-state index in [9.17, 15) is 32.4 Å². The van der Waals surface area contributed by atoms with E-state index in [-0.39, 0.29) is 34.1 Å². The Kier molecular flexibility index (Phi) is 9.19. The number of halogens is 4. The number of ether oxygens (including phenoxy) is 1. The molecule has 10 nitrogen and oxygen atoms in total. The Morgan fingerprint density at radius 2 is 1.85 bits per heavy atom. The minimum absolute atomic E-state index is 0.0585. The van der Waals surface area contributed by atoms with Crippen molar-refractivity contribution in [3.05, 3.63) is 96.2 Å². The number of alkyl halides is 3. The number of nitrogens with one attached hydrogen (secondary N) is 1. The minimum Gasteiger partial charge on any atom is -0.406 e. The molecule has 3 aromatic carbocycles. The van der Waals surface area contributed by atoms with Crippen molar-refractivity contribution in [1.29, 1.82) is 5.26 Å². The molecule has 5 rings (SSSR count). The molecule has 1 fully saturated rings. The third-order valence-corrected chi connectivity index (χ3v) is 7.48. The van der Waals surface area contributed by atoms with Gasteiger partial charge in [-0.05, 0) is 59.5 Å². The summed E-state index contributed by atoms with van der Waals surface area (Å²) in [5.41, 5.74) is 2.68. The molecule has 234 valence electrons. The van der Waals surface area contributed by atoms with E-state index in [4.69, 9.17) is 0 Å². The maximum absolute atomic E-state index is 13.9. The van der Waals surface area contributed by atoms with Gasteiger partial charge in [-0.1, -0.05) is 49.9 Å². The van der Waals surface area contributed by atoms with Crippen molar-refractivity contribution < 1.29 is 31.9 Å². The lowest BCUT2D eigenvalue weighted by Crippen LogP contribution is -2.31. The highest BCUT2D eigenvalue weighted by Crippen LogP contribution is 2.34. The summed E-state index contributed by atoms with van der Waals surface area (Å²) in [4.78, 5) is 34.9. The number of carbonyl (C=O) groups is 2. The third-order valence-electron chi connectivity index (χ3n) is 6.56. The molecule has 0 unspecified atom stereocenters. The molecule has 0 aliphatic carbocycles. The molecule has 4 aromatic rings. The first kappa shape index (κ1) is 31.9. The van der Waals surface area contributed by atoms with E-state index in [1.165, 1.54) is 52.4 Å². The maximum atomic E-state index is 13.9.